The summed E-state index contributed by atoms with van der Waals surface area (Å²) in [4.78, 5) is 0. The van der Waals surface area contributed by atoms with Crippen molar-refractivity contribution in [2.45, 2.75) is 63.8 Å². The van der Waals surface area contributed by atoms with Gasteiger partial charge in [-0.3, -0.25) is 0 Å². The van der Waals surface area contributed by atoms with E-state index in [4.69, 9.17) is 0 Å². The molecule has 0 aromatic rings. The fourth-order valence-electron chi connectivity index (χ4n) is 2.37. The molecule has 3 N–H and O–H groups in total. The van der Waals surface area contributed by atoms with Gasteiger partial charge in [0.05, 0.1) is 17.8 Å². The molecular formula is C11H22O3. The van der Waals surface area contributed by atoms with Crippen LogP contribution in [0.2, 0.25) is 0 Å². The third-order valence-corrected chi connectivity index (χ3v) is 3.18. The Balaban J connectivity index is 2.52. The molecule has 3 heteroatoms. The van der Waals surface area contributed by atoms with Crippen molar-refractivity contribution in [2.75, 3.05) is 0 Å². The zero-order valence-corrected chi connectivity index (χ0v) is 9.11. The van der Waals surface area contributed by atoms with Crippen LogP contribution in [0.15, 0.2) is 0 Å². The van der Waals surface area contributed by atoms with Gasteiger partial charge in [-0.25, -0.2) is 0 Å². The van der Waals surface area contributed by atoms with Gasteiger partial charge in [0.1, 0.15) is 0 Å². The minimum Gasteiger partial charge on any atom is -0.393 e. The number of hydrogen-bond acceptors (Lipinski definition) is 3. The molecule has 1 fully saturated rings. The van der Waals surface area contributed by atoms with E-state index >= 15 is 0 Å². The molecule has 0 spiro atoms. The maximum atomic E-state index is 9.78. The predicted molar refractivity (Wildman–Crippen MR) is 54.9 cm³/mol. The van der Waals surface area contributed by atoms with Gasteiger partial charge in [0.15, 0.2) is 0 Å². The van der Waals surface area contributed by atoms with Crippen molar-refractivity contribution in [3.63, 3.8) is 0 Å². The first-order chi connectivity index (χ1) is 6.46. The normalized spacial score (nSPS) is 43.9. The largest absolute Gasteiger partial charge is 0.393 e. The van der Waals surface area contributed by atoms with Crippen LogP contribution in [0.25, 0.3) is 0 Å². The molecule has 0 bridgehead atoms. The van der Waals surface area contributed by atoms with Gasteiger partial charge in [-0.1, -0.05) is 19.8 Å². The molecule has 3 nitrogen and oxygen atoms in total. The number of rotatable bonds is 3. The van der Waals surface area contributed by atoms with Crippen LogP contribution < -0.4 is 0 Å². The molecule has 0 amide bonds. The van der Waals surface area contributed by atoms with Crippen molar-refractivity contribution < 1.29 is 15.3 Å². The second kappa shape index (κ2) is 4.60. The summed E-state index contributed by atoms with van der Waals surface area (Å²) in [7, 11) is 0. The summed E-state index contributed by atoms with van der Waals surface area (Å²) in [6.07, 6.45) is 2.62. The van der Waals surface area contributed by atoms with Gasteiger partial charge in [0.25, 0.3) is 0 Å². The highest BCUT2D eigenvalue weighted by molar-refractivity contribution is 4.92. The Morgan fingerprint density at radius 2 is 1.71 bits per heavy atom. The number of aliphatic hydroxyl groups excluding tert-OH is 2. The van der Waals surface area contributed by atoms with Crippen molar-refractivity contribution in [1.82, 2.24) is 0 Å². The van der Waals surface area contributed by atoms with Gasteiger partial charge in [-0.15, -0.1) is 0 Å². The van der Waals surface area contributed by atoms with Crippen molar-refractivity contribution >= 4 is 0 Å². The average molecular weight is 202 g/mol. The molecule has 0 unspecified atom stereocenters. The number of aliphatic hydroxyl groups is 3. The fourth-order valence-corrected chi connectivity index (χ4v) is 2.37. The van der Waals surface area contributed by atoms with Crippen LogP contribution in [0, 0.1) is 5.92 Å². The lowest BCUT2D eigenvalue weighted by Crippen LogP contribution is -2.47. The first-order valence-electron chi connectivity index (χ1n) is 5.55. The summed E-state index contributed by atoms with van der Waals surface area (Å²) in [6, 6.07) is 0. The highest BCUT2D eigenvalue weighted by atomic mass is 16.3. The summed E-state index contributed by atoms with van der Waals surface area (Å²) in [5.74, 6) is -0.0461. The van der Waals surface area contributed by atoms with Crippen LogP contribution in [-0.4, -0.2) is 33.1 Å². The van der Waals surface area contributed by atoms with Gasteiger partial charge in [-0.2, -0.15) is 0 Å². The Hall–Kier alpha value is -0.120. The van der Waals surface area contributed by atoms with E-state index in [0.29, 0.717) is 12.8 Å². The molecule has 1 saturated carbocycles. The molecule has 0 aromatic heterocycles. The van der Waals surface area contributed by atoms with Crippen molar-refractivity contribution in [3.8, 4) is 0 Å². The minimum atomic E-state index is -0.901. The van der Waals surface area contributed by atoms with Gasteiger partial charge >= 0.3 is 0 Å². The Bertz CT molecular complexity index is 165. The van der Waals surface area contributed by atoms with Crippen molar-refractivity contribution in [1.29, 1.82) is 0 Å². The van der Waals surface area contributed by atoms with E-state index in [1.54, 1.807) is 6.92 Å². The Morgan fingerprint density at radius 3 is 2.14 bits per heavy atom. The molecule has 14 heavy (non-hydrogen) atoms. The second-order valence-corrected chi connectivity index (χ2v) is 4.85. The van der Waals surface area contributed by atoms with E-state index in [1.807, 2.05) is 0 Å². The summed E-state index contributed by atoms with van der Waals surface area (Å²) in [6.45, 7) is 3.77. The standard InChI is InChI=1S/C11H22O3/c1-3-4-5-8-9(12)6-11(2,14)7-10(8)13/h8-10,12-14H,3-7H2,1-2H3/t8?,9-,10-,11?/m1/s1. The quantitative estimate of drug-likeness (QED) is 0.641. The molecule has 1 aliphatic rings. The SMILES string of the molecule is CCCCC1[C@H](O)CC(C)(O)C[C@H]1O. The maximum absolute atomic E-state index is 9.78. The molecule has 1 aliphatic carbocycles. The molecule has 84 valence electrons. The molecule has 0 heterocycles. The molecule has 0 radical (unpaired) electrons. The Morgan fingerprint density at radius 1 is 1.21 bits per heavy atom. The highest BCUT2D eigenvalue weighted by Crippen LogP contribution is 2.34. The van der Waals surface area contributed by atoms with E-state index < -0.39 is 17.8 Å². The highest BCUT2D eigenvalue weighted by Gasteiger charge is 2.40. The van der Waals surface area contributed by atoms with E-state index in [2.05, 4.69) is 6.92 Å². The van der Waals surface area contributed by atoms with Gasteiger partial charge < -0.3 is 15.3 Å². The second-order valence-electron chi connectivity index (χ2n) is 4.85. The van der Waals surface area contributed by atoms with E-state index in [-0.39, 0.29) is 5.92 Å². The molecule has 1 rings (SSSR count). The van der Waals surface area contributed by atoms with Crippen molar-refractivity contribution in [2.24, 2.45) is 5.92 Å². The van der Waals surface area contributed by atoms with Crippen LogP contribution in [0.5, 0.6) is 0 Å². The smallest absolute Gasteiger partial charge is 0.0669 e. The summed E-state index contributed by atoms with van der Waals surface area (Å²) >= 11 is 0. The molecular weight excluding hydrogens is 180 g/mol. The molecule has 2 atom stereocenters. The van der Waals surface area contributed by atoms with Crippen LogP contribution in [0.3, 0.4) is 0 Å². The zero-order valence-electron chi connectivity index (χ0n) is 9.11. The maximum Gasteiger partial charge on any atom is 0.0669 e. The van der Waals surface area contributed by atoms with Gasteiger partial charge in [0.2, 0.25) is 0 Å². The number of hydrogen-bond donors (Lipinski definition) is 3. The first-order valence-corrected chi connectivity index (χ1v) is 5.55. The molecule has 0 aromatic carbocycles. The molecule has 0 saturated heterocycles. The monoisotopic (exact) mass is 202 g/mol. The Kier molecular flexibility index (Phi) is 3.93. The third kappa shape index (κ3) is 2.94. The van der Waals surface area contributed by atoms with E-state index in [0.717, 1.165) is 19.3 Å². The Labute approximate surface area is 85.8 Å². The van der Waals surface area contributed by atoms with Crippen LogP contribution in [-0.2, 0) is 0 Å². The van der Waals surface area contributed by atoms with E-state index in [9.17, 15) is 15.3 Å². The van der Waals surface area contributed by atoms with Crippen LogP contribution in [0.1, 0.15) is 46.0 Å². The third-order valence-electron chi connectivity index (χ3n) is 3.18. The zero-order chi connectivity index (χ0) is 10.8. The van der Waals surface area contributed by atoms with E-state index in [1.165, 1.54) is 0 Å². The van der Waals surface area contributed by atoms with Crippen LogP contribution >= 0.6 is 0 Å². The number of unbranched alkanes of at least 4 members (excludes halogenated alkanes) is 1. The lowest BCUT2D eigenvalue weighted by atomic mass is 9.74. The fraction of sp³-hybridized carbons (Fsp3) is 1.00. The topological polar surface area (TPSA) is 60.7 Å². The minimum absolute atomic E-state index is 0.0461. The lowest BCUT2D eigenvalue weighted by Gasteiger charge is -2.40. The first kappa shape index (κ1) is 12.0. The van der Waals surface area contributed by atoms with Gasteiger partial charge in [-0.05, 0) is 13.3 Å². The average Bonchev–Trinajstić information content (AvgIpc) is 2.00. The summed E-state index contributed by atoms with van der Waals surface area (Å²) in [5, 5.41) is 29.3. The van der Waals surface area contributed by atoms with Gasteiger partial charge in [0, 0.05) is 18.8 Å². The molecule has 0 aliphatic heterocycles. The summed E-state index contributed by atoms with van der Waals surface area (Å²) < 4.78 is 0. The lowest BCUT2D eigenvalue weighted by molar-refractivity contribution is -0.117. The predicted octanol–water partition coefficient (Wildman–Crippen LogP) is 1.06. The summed E-state index contributed by atoms with van der Waals surface area (Å²) in [5.41, 5.74) is -0.901. The van der Waals surface area contributed by atoms with Crippen molar-refractivity contribution in [3.05, 3.63) is 0 Å². The van der Waals surface area contributed by atoms with Crippen LogP contribution in [0.4, 0.5) is 0 Å².